The predicted octanol–water partition coefficient (Wildman–Crippen LogP) is 1.59. The van der Waals surface area contributed by atoms with Crippen LogP contribution < -0.4 is 11.3 Å². The van der Waals surface area contributed by atoms with Gasteiger partial charge in [0, 0.05) is 49.2 Å². The Balaban J connectivity index is 1.67. The normalized spacial score (nSPS) is 29.9. The summed E-state index contributed by atoms with van der Waals surface area (Å²) in [6.45, 7) is 5.56. The Kier molecular flexibility index (Phi) is 3.40. The van der Waals surface area contributed by atoms with Crippen molar-refractivity contribution in [2.75, 3.05) is 32.7 Å². The van der Waals surface area contributed by atoms with Gasteiger partial charge in [-0.2, -0.15) is 0 Å². The first kappa shape index (κ1) is 13.5. The zero-order chi connectivity index (χ0) is 14.4. The number of hydrogen-bond donors (Lipinski definition) is 2. The van der Waals surface area contributed by atoms with Crippen molar-refractivity contribution < 1.29 is 4.42 Å². The molecular weight excluding hydrogens is 288 g/mol. The molecule has 3 aliphatic rings. The van der Waals surface area contributed by atoms with Crippen LogP contribution in [0.1, 0.15) is 11.8 Å². The molecule has 3 saturated heterocycles. The first-order valence-corrected chi connectivity index (χ1v) is 7.74. The highest BCUT2D eigenvalue weighted by molar-refractivity contribution is 6.31. The van der Waals surface area contributed by atoms with E-state index < -0.39 is 0 Å². The first-order valence-electron chi connectivity index (χ1n) is 7.36. The van der Waals surface area contributed by atoms with E-state index in [9.17, 15) is 0 Å². The van der Waals surface area contributed by atoms with E-state index in [1.54, 1.807) is 0 Å². The second kappa shape index (κ2) is 5.26. The van der Waals surface area contributed by atoms with Crippen LogP contribution in [0.2, 0.25) is 5.02 Å². The monoisotopic (exact) mass is 306 g/mol. The molecule has 2 aromatic rings. The zero-order valence-electron chi connectivity index (χ0n) is 11.8. The standard InChI is InChI=1S/C15H19ClN4O/c16-11-1-2-13-10(7-11)8-14(21-13)15(18-17)12-9-19-3-5-20(12)6-4-19/h1-2,7-8,12,15,18H,3-6,9,17H2. The minimum atomic E-state index is -0.000671. The first-order chi connectivity index (χ1) is 10.2. The van der Waals surface area contributed by atoms with E-state index >= 15 is 0 Å². The number of nitrogens with zero attached hydrogens (tertiary/aromatic N) is 2. The topological polar surface area (TPSA) is 57.7 Å². The zero-order valence-corrected chi connectivity index (χ0v) is 12.5. The highest BCUT2D eigenvalue weighted by Crippen LogP contribution is 2.31. The largest absolute Gasteiger partial charge is 0.459 e. The van der Waals surface area contributed by atoms with Gasteiger partial charge in [-0.05, 0) is 24.3 Å². The minimum absolute atomic E-state index is 0.000671. The van der Waals surface area contributed by atoms with E-state index in [-0.39, 0.29) is 6.04 Å². The third-order valence-corrected chi connectivity index (χ3v) is 4.92. The summed E-state index contributed by atoms with van der Waals surface area (Å²) in [6.07, 6.45) is 0. The van der Waals surface area contributed by atoms with E-state index in [2.05, 4.69) is 15.2 Å². The minimum Gasteiger partial charge on any atom is -0.459 e. The third-order valence-electron chi connectivity index (χ3n) is 4.69. The molecule has 3 aliphatic heterocycles. The molecule has 0 aliphatic carbocycles. The summed E-state index contributed by atoms with van der Waals surface area (Å²) in [4.78, 5) is 5.00. The van der Waals surface area contributed by atoms with Crippen molar-refractivity contribution >= 4 is 22.6 Å². The molecule has 3 N–H and O–H groups in total. The van der Waals surface area contributed by atoms with Crippen molar-refractivity contribution in [3.8, 4) is 0 Å². The van der Waals surface area contributed by atoms with Crippen LogP contribution in [-0.2, 0) is 0 Å². The summed E-state index contributed by atoms with van der Waals surface area (Å²) in [5, 5.41) is 1.74. The lowest BCUT2D eigenvalue weighted by Gasteiger charge is -2.49. The summed E-state index contributed by atoms with van der Waals surface area (Å²) in [5.41, 5.74) is 3.81. The number of nitrogens with one attached hydrogen (secondary N) is 1. The van der Waals surface area contributed by atoms with Gasteiger partial charge in [-0.3, -0.25) is 15.6 Å². The van der Waals surface area contributed by atoms with Gasteiger partial charge in [0.05, 0.1) is 6.04 Å². The summed E-state index contributed by atoms with van der Waals surface area (Å²) < 4.78 is 5.99. The number of halogens is 1. The van der Waals surface area contributed by atoms with Crippen LogP contribution >= 0.6 is 11.6 Å². The fraction of sp³-hybridized carbons (Fsp3) is 0.467. The summed E-state index contributed by atoms with van der Waals surface area (Å²) in [7, 11) is 0. The molecule has 5 nitrogen and oxygen atoms in total. The number of furan rings is 1. The van der Waals surface area contributed by atoms with Gasteiger partial charge in [0.15, 0.2) is 0 Å². The third kappa shape index (κ3) is 2.35. The molecule has 5 rings (SSSR count). The number of rotatable bonds is 3. The molecule has 0 saturated carbocycles. The van der Waals surface area contributed by atoms with Crippen molar-refractivity contribution in [1.29, 1.82) is 0 Å². The maximum absolute atomic E-state index is 6.04. The van der Waals surface area contributed by atoms with E-state index in [1.165, 1.54) is 0 Å². The highest BCUT2D eigenvalue weighted by Gasteiger charge is 2.38. The second-order valence-corrected chi connectivity index (χ2v) is 6.32. The average molecular weight is 307 g/mol. The lowest BCUT2D eigenvalue weighted by atomic mass is 9.98. The molecule has 0 radical (unpaired) electrons. The number of fused-ring (bicyclic) bond motifs is 4. The van der Waals surface area contributed by atoms with Crippen molar-refractivity contribution in [2.45, 2.75) is 12.1 Å². The Morgan fingerprint density at radius 1 is 1.24 bits per heavy atom. The lowest BCUT2D eigenvalue weighted by Crippen LogP contribution is -2.64. The van der Waals surface area contributed by atoms with Gasteiger partial charge in [0.1, 0.15) is 11.3 Å². The number of benzene rings is 1. The van der Waals surface area contributed by atoms with Crippen LogP contribution in [0, 0.1) is 0 Å². The Morgan fingerprint density at radius 3 is 2.71 bits per heavy atom. The van der Waals surface area contributed by atoms with Crippen molar-refractivity contribution in [1.82, 2.24) is 15.2 Å². The second-order valence-electron chi connectivity index (χ2n) is 5.88. The number of hydrazine groups is 1. The van der Waals surface area contributed by atoms with E-state index in [0.29, 0.717) is 6.04 Å². The Morgan fingerprint density at radius 2 is 2.05 bits per heavy atom. The van der Waals surface area contributed by atoms with E-state index in [1.807, 2.05) is 24.3 Å². The maximum Gasteiger partial charge on any atom is 0.134 e. The predicted molar refractivity (Wildman–Crippen MR) is 83.1 cm³/mol. The van der Waals surface area contributed by atoms with Gasteiger partial charge in [-0.25, -0.2) is 5.43 Å². The Bertz CT molecular complexity index is 650. The van der Waals surface area contributed by atoms with E-state index in [4.69, 9.17) is 21.9 Å². The molecule has 1 aromatic carbocycles. The van der Waals surface area contributed by atoms with Gasteiger partial charge in [0.25, 0.3) is 0 Å². The molecule has 2 unspecified atom stereocenters. The summed E-state index contributed by atoms with van der Waals surface area (Å²) in [6, 6.07) is 8.08. The Hall–Kier alpha value is -1.11. The summed E-state index contributed by atoms with van der Waals surface area (Å²) >= 11 is 6.04. The van der Waals surface area contributed by atoms with Gasteiger partial charge < -0.3 is 4.42 Å². The van der Waals surface area contributed by atoms with Crippen molar-refractivity contribution in [3.05, 3.63) is 35.0 Å². The Labute approximate surface area is 128 Å². The molecule has 4 heterocycles. The van der Waals surface area contributed by atoms with Crippen LogP contribution in [0.5, 0.6) is 0 Å². The van der Waals surface area contributed by atoms with Gasteiger partial charge in [-0.1, -0.05) is 11.6 Å². The fourth-order valence-corrected chi connectivity index (χ4v) is 3.73. The molecular formula is C15H19ClN4O. The molecule has 2 bridgehead atoms. The molecule has 2 atom stereocenters. The van der Waals surface area contributed by atoms with Crippen LogP contribution in [0.15, 0.2) is 28.7 Å². The molecule has 112 valence electrons. The smallest absolute Gasteiger partial charge is 0.134 e. The van der Waals surface area contributed by atoms with Crippen LogP contribution in [-0.4, -0.2) is 48.6 Å². The van der Waals surface area contributed by atoms with Crippen LogP contribution in [0.3, 0.4) is 0 Å². The fourth-order valence-electron chi connectivity index (χ4n) is 3.54. The van der Waals surface area contributed by atoms with Gasteiger partial charge in [-0.15, -0.1) is 0 Å². The average Bonchev–Trinajstić information content (AvgIpc) is 2.92. The molecule has 0 spiro atoms. The lowest BCUT2D eigenvalue weighted by molar-refractivity contribution is -0.00667. The molecule has 3 fully saturated rings. The summed E-state index contributed by atoms with van der Waals surface area (Å²) in [5.74, 6) is 6.72. The number of piperazine rings is 3. The van der Waals surface area contributed by atoms with Gasteiger partial charge >= 0.3 is 0 Å². The molecule has 21 heavy (non-hydrogen) atoms. The molecule has 0 amide bonds. The van der Waals surface area contributed by atoms with Crippen LogP contribution in [0.4, 0.5) is 0 Å². The maximum atomic E-state index is 6.04. The van der Waals surface area contributed by atoms with Crippen molar-refractivity contribution in [3.63, 3.8) is 0 Å². The van der Waals surface area contributed by atoms with Gasteiger partial charge in [0.2, 0.25) is 0 Å². The number of nitrogens with two attached hydrogens (primary N) is 1. The quantitative estimate of drug-likeness (QED) is 0.666. The van der Waals surface area contributed by atoms with Crippen LogP contribution in [0.25, 0.3) is 11.0 Å². The molecule has 6 heteroatoms. The number of hydrogen-bond acceptors (Lipinski definition) is 5. The van der Waals surface area contributed by atoms with Crippen molar-refractivity contribution in [2.24, 2.45) is 5.84 Å². The molecule has 1 aromatic heterocycles. The van der Waals surface area contributed by atoms with E-state index in [0.717, 1.165) is 54.5 Å². The SMILES string of the molecule is NNC(c1cc2cc(Cl)ccc2o1)C1CN2CCN1CC2. The highest BCUT2D eigenvalue weighted by atomic mass is 35.5.